The van der Waals surface area contributed by atoms with E-state index in [1.807, 2.05) is 18.2 Å². The summed E-state index contributed by atoms with van der Waals surface area (Å²) in [5.74, 6) is -0.135. The first-order chi connectivity index (χ1) is 9.84. The van der Waals surface area contributed by atoms with Gasteiger partial charge in [0.2, 0.25) is 0 Å². The first-order valence-electron chi connectivity index (χ1n) is 6.80. The minimum atomic E-state index is -0.135. The molecule has 0 atom stereocenters. The van der Waals surface area contributed by atoms with Gasteiger partial charge in [0.05, 0.1) is 13.2 Å². The molecule has 1 aliphatic heterocycles. The molecule has 2 N–H and O–H groups in total. The molecule has 0 saturated carbocycles. The summed E-state index contributed by atoms with van der Waals surface area (Å²) >= 11 is 0. The lowest BCUT2D eigenvalue weighted by Gasteiger charge is -2.12. The summed E-state index contributed by atoms with van der Waals surface area (Å²) < 4.78 is 5.38. The van der Waals surface area contributed by atoms with Crippen molar-refractivity contribution in [1.82, 2.24) is 15.5 Å². The molecule has 1 amide bonds. The molecule has 3 rings (SSSR count). The lowest BCUT2D eigenvalue weighted by molar-refractivity contribution is 0.0925. The third-order valence-corrected chi connectivity index (χ3v) is 3.45. The first kappa shape index (κ1) is 12.9. The zero-order valence-corrected chi connectivity index (χ0v) is 11.2. The van der Waals surface area contributed by atoms with Crippen molar-refractivity contribution in [3.8, 4) is 0 Å². The number of carbonyl (C=O) groups excluding carboxylic acids is 1. The van der Waals surface area contributed by atoms with E-state index in [0.29, 0.717) is 25.5 Å². The lowest BCUT2D eigenvalue weighted by atomic mass is 10.1. The second kappa shape index (κ2) is 5.88. The smallest absolute Gasteiger partial charge is 0.272 e. The summed E-state index contributed by atoms with van der Waals surface area (Å²) in [5, 5.41) is 9.94. The summed E-state index contributed by atoms with van der Waals surface area (Å²) in [6.07, 6.45) is 1.61. The predicted molar refractivity (Wildman–Crippen MR) is 74.4 cm³/mol. The third-order valence-electron chi connectivity index (χ3n) is 3.45. The standard InChI is InChI=1S/C15H17N3O2/c19-15(16-8-6-11-4-2-1-3-5-11)14-12-10-20-9-7-13(12)17-18-14/h1-5H,6-10H2,(H,16,19)(H,17,18). The number of H-pyrrole nitrogens is 1. The Morgan fingerprint density at radius 2 is 2.20 bits per heavy atom. The summed E-state index contributed by atoms with van der Waals surface area (Å²) in [7, 11) is 0. The van der Waals surface area contributed by atoms with E-state index in [-0.39, 0.29) is 5.91 Å². The fourth-order valence-corrected chi connectivity index (χ4v) is 2.35. The molecular formula is C15H17N3O2. The maximum atomic E-state index is 12.1. The number of nitrogens with zero attached hydrogens (tertiary/aromatic N) is 1. The van der Waals surface area contributed by atoms with Crippen LogP contribution in [0.2, 0.25) is 0 Å². The molecular weight excluding hydrogens is 254 g/mol. The number of carbonyl (C=O) groups is 1. The van der Waals surface area contributed by atoms with Gasteiger partial charge in [0.15, 0.2) is 5.69 Å². The highest BCUT2D eigenvalue weighted by Crippen LogP contribution is 2.17. The van der Waals surface area contributed by atoms with Crippen LogP contribution < -0.4 is 5.32 Å². The lowest BCUT2D eigenvalue weighted by Crippen LogP contribution is -2.27. The SMILES string of the molecule is O=C(NCCc1ccccc1)c1n[nH]c2c1COCC2. The highest BCUT2D eigenvalue weighted by atomic mass is 16.5. The number of aromatic amines is 1. The van der Waals surface area contributed by atoms with Gasteiger partial charge in [-0.05, 0) is 12.0 Å². The monoisotopic (exact) mass is 271 g/mol. The van der Waals surface area contributed by atoms with Crippen LogP contribution in [0.5, 0.6) is 0 Å². The van der Waals surface area contributed by atoms with Crippen molar-refractivity contribution >= 4 is 5.91 Å². The summed E-state index contributed by atoms with van der Waals surface area (Å²) in [6, 6.07) is 10.1. The van der Waals surface area contributed by atoms with Crippen LogP contribution in [0, 0.1) is 0 Å². The van der Waals surface area contributed by atoms with Crippen molar-refractivity contribution in [2.75, 3.05) is 13.2 Å². The average Bonchev–Trinajstić information content (AvgIpc) is 2.92. The maximum absolute atomic E-state index is 12.1. The average molecular weight is 271 g/mol. The second-order valence-corrected chi connectivity index (χ2v) is 4.82. The predicted octanol–water partition coefficient (Wildman–Crippen LogP) is 1.45. The van der Waals surface area contributed by atoms with Gasteiger partial charge < -0.3 is 10.1 Å². The van der Waals surface area contributed by atoms with Crippen molar-refractivity contribution < 1.29 is 9.53 Å². The van der Waals surface area contributed by atoms with E-state index in [9.17, 15) is 4.79 Å². The van der Waals surface area contributed by atoms with Crippen molar-refractivity contribution in [2.45, 2.75) is 19.4 Å². The van der Waals surface area contributed by atoms with E-state index in [4.69, 9.17) is 4.74 Å². The van der Waals surface area contributed by atoms with Crippen LogP contribution in [0.3, 0.4) is 0 Å². The van der Waals surface area contributed by atoms with E-state index in [2.05, 4.69) is 27.6 Å². The van der Waals surface area contributed by atoms with E-state index in [0.717, 1.165) is 24.1 Å². The molecule has 0 radical (unpaired) electrons. The van der Waals surface area contributed by atoms with Gasteiger partial charge in [-0.1, -0.05) is 30.3 Å². The molecule has 1 aromatic carbocycles. The molecule has 0 spiro atoms. The second-order valence-electron chi connectivity index (χ2n) is 4.82. The Bertz CT molecular complexity index is 592. The molecule has 104 valence electrons. The first-order valence-corrected chi connectivity index (χ1v) is 6.80. The molecule has 20 heavy (non-hydrogen) atoms. The molecule has 0 saturated heterocycles. The van der Waals surface area contributed by atoms with Crippen molar-refractivity contribution in [1.29, 1.82) is 0 Å². The molecule has 1 aromatic heterocycles. The summed E-state index contributed by atoms with van der Waals surface area (Å²) in [4.78, 5) is 12.1. The summed E-state index contributed by atoms with van der Waals surface area (Å²) in [5.41, 5.74) is 3.59. The topological polar surface area (TPSA) is 67.0 Å². The molecule has 1 aliphatic rings. The highest BCUT2D eigenvalue weighted by Gasteiger charge is 2.21. The minimum absolute atomic E-state index is 0.135. The Labute approximate surface area is 117 Å². The van der Waals surface area contributed by atoms with Gasteiger partial charge in [-0.25, -0.2) is 0 Å². The minimum Gasteiger partial charge on any atom is -0.376 e. The van der Waals surface area contributed by atoms with Gasteiger partial charge in [0, 0.05) is 24.2 Å². The number of rotatable bonds is 4. The van der Waals surface area contributed by atoms with Crippen molar-refractivity contribution in [2.24, 2.45) is 0 Å². The Morgan fingerprint density at radius 3 is 3.05 bits per heavy atom. The quantitative estimate of drug-likeness (QED) is 0.884. The van der Waals surface area contributed by atoms with Gasteiger partial charge in [0.1, 0.15) is 0 Å². The Balaban J connectivity index is 1.58. The summed E-state index contributed by atoms with van der Waals surface area (Å²) in [6.45, 7) is 1.75. The van der Waals surface area contributed by atoms with Gasteiger partial charge in [-0.3, -0.25) is 9.89 Å². The Morgan fingerprint density at radius 1 is 1.35 bits per heavy atom. The number of hydrogen-bond donors (Lipinski definition) is 2. The van der Waals surface area contributed by atoms with Crippen LogP contribution in [-0.4, -0.2) is 29.3 Å². The molecule has 2 aromatic rings. The van der Waals surface area contributed by atoms with Crippen LogP contribution in [0.15, 0.2) is 30.3 Å². The van der Waals surface area contributed by atoms with Gasteiger partial charge in [-0.15, -0.1) is 0 Å². The number of benzene rings is 1. The van der Waals surface area contributed by atoms with Crippen LogP contribution >= 0.6 is 0 Å². The van der Waals surface area contributed by atoms with Crippen LogP contribution in [0.25, 0.3) is 0 Å². The largest absolute Gasteiger partial charge is 0.376 e. The number of aromatic nitrogens is 2. The number of nitrogens with one attached hydrogen (secondary N) is 2. The van der Waals surface area contributed by atoms with E-state index in [1.54, 1.807) is 0 Å². The zero-order chi connectivity index (χ0) is 13.8. The third kappa shape index (κ3) is 2.72. The van der Waals surface area contributed by atoms with Crippen LogP contribution in [0.4, 0.5) is 0 Å². The molecule has 5 nitrogen and oxygen atoms in total. The number of hydrogen-bond acceptors (Lipinski definition) is 3. The van der Waals surface area contributed by atoms with E-state index in [1.165, 1.54) is 5.56 Å². The van der Waals surface area contributed by atoms with Gasteiger partial charge in [0.25, 0.3) is 5.91 Å². The van der Waals surface area contributed by atoms with Gasteiger partial charge >= 0.3 is 0 Å². The number of amides is 1. The zero-order valence-electron chi connectivity index (χ0n) is 11.2. The Kier molecular flexibility index (Phi) is 3.78. The molecule has 2 heterocycles. The van der Waals surface area contributed by atoms with E-state index >= 15 is 0 Å². The molecule has 0 fully saturated rings. The molecule has 0 bridgehead atoms. The van der Waals surface area contributed by atoms with Gasteiger partial charge in [-0.2, -0.15) is 5.10 Å². The highest BCUT2D eigenvalue weighted by molar-refractivity contribution is 5.93. The van der Waals surface area contributed by atoms with Crippen molar-refractivity contribution in [3.63, 3.8) is 0 Å². The molecule has 5 heteroatoms. The van der Waals surface area contributed by atoms with E-state index < -0.39 is 0 Å². The number of ether oxygens (including phenoxy) is 1. The normalized spacial score (nSPS) is 13.8. The molecule has 0 unspecified atom stereocenters. The van der Waals surface area contributed by atoms with Crippen molar-refractivity contribution in [3.05, 3.63) is 52.8 Å². The fourth-order valence-electron chi connectivity index (χ4n) is 2.35. The maximum Gasteiger partial charge on any atom is 0.272 e. The Hall–Kier alpha value is -2.14. The van der Waals surface area contributed by atoms with Crippen LogP contribution in [-0.2, 0) is 24.2 Å². The fraction of sp³-hybridized carbons (Fsp3) is 0.333. The number of fused-ring (bicyclic) bond motifs is 1. The molecule has 0 aliphatic carbocycles. The van der Waals surface area contributed by atoms with Crippen LogP contribution in [0.1, 0.15) is 27.3 Å².